The number of nitrogen functional groups attached to an aromatic ring is 1. The number of hydrogen-bond acceptors (Lipinski definition) is 4. The zero-order valence-electron chi connectivity index (χ0n) is 11.5. The Bertz CT molecular complexity index is 475. The lowest BCUT2D eigenvalue weighted by atomic mass is 10.3. The monoisotopic (exact) mass is 284 g/mol. The highest BCUT2D eigenvalue weighted by molar-refractivity contribution is 7.85. The van der Waals surface area contributed by atoms with E-state index in [-0.39, 0.29) is 5.91 Å². The Morgan fingerprint density at radius 2 is 2.11 bits per heavy atom. The Labute approximate surface area is 116 Å². The fraction of sp³-hybridized carbons (Fsp3) is 0.462. The lowest BCUT2D eigenvalue weighted by Gasteiger charge is -2.11. The molecular formula is C13H20N2O3S. The van der Waals surface area contributed by atoms with Crippen LogP contribution in [0.5, 0.6) is 5.75 Å². The van der Waals surface area contributed by atoms with Crippen LogP contribution in [0.25, 0.3) is 0 Å². The molecule has 0 aromatic heterocycles. The van der Waals surface area contributed by atoms with Crippen LogP contribution < -0.4 is 10.5 Å². The van der Waals surface area contributed by atoms with Crippen LogP contribution >= 0.6 is 0 Å². The maximum Gasteiger partial charge on any atom is 0.222 e. The van der Waals surface area contributed by atoms with Crippen LogP contribution in [0.1, 0.15) is 12.8 Å². The second-order valence-corrected chi connectivity index (χ2v) is 5.89. The molecule has 1 rings (SSSR count). The summed E-state index contributed by atoms with van der Waals surface area (Å²) in [5, 5.41) is 0. The number of benzene rings is 1. The van der Waals surface area contributed by atoms with Gasteiger partial charge in [0.15, 0.2) is 0 Å². The zero-order valence-corrected chi connectivity index (χ0v) is 12.3. The van der Waals surface area contributed by atoms with Gasteiger partial charge in [-0.3, -0.25) is 9.00 Å². The quantitative estimate of drug-likeness (QED) is 0.798. The van der Waals surface area contributed by atoms with Crippen LogP contribution in [0.15, 0.2) is 23.1 Å². The summed E-state index contributed by atoms with van der Waals surface area (Å²) in [4.78, 5) is 13.6. The van der Waals surface area contributed by atoms with Gasteiger partial charge in [0.2, 0.25) is 5.91 Å². The van der Waals surface area contributed by atoms with Crippen LogP contribution in [0.3, 0.4) is 0 Å². The van der Waals surface area contributed by atoms with E-state index >= 15 is 0 Å². The predicted molar refractivity (Wildman–Crippen MR) is 76.6 cm³/mol. The fourth-order valence-corrected chi connectivity index (χ4v) is 2.77. The Kier molecular flexibility index (Phi) is 5.82. The first-order chi connectivity index (χ1) is 8.95. The standard InChI is InChI=1S/C13H20N2O3S/c1-15(2)13(16)5-4-8-19(17)12-7-6-10(14)9-11(12)18-3/h6-7,9H,4-5,8,14H2,1-3H3. The third kappa shape index (κ3) is 4.55. The topological polar surface area (TPSA) is 72.6 Å². The molecule has 0 fully saturated rings. The maximum atomic E-state index is 12.2. The van der Waals surface area contributed by atoms with Gasteiger partial charge in [-0.15, -0.1) is 0 Å². The van der Waals surface area contributed by atoms with Crippen molar-refractivity contribution >= 4 is 22.4 Å². The Balaban J connectivity index is 2.61. The molecule has 1 aromatic rings. The largest absolute Gasteiger partial charge is 0.495 e. The highest BCUT2D eigenvalue weighted by Gasteiger charge is 2.12. The SMILES string of the molecule is COc1cc(N)ccc1S(=O)CCCC(=O)N(C)C. The van der Waals surface area contributed by atoms with Crippen molar-refractivity contribution in [2.24, 2.45) is 0 Å². The number of anilines is 1. The average molecular weight is 284 g/mol. The molecule has 106 valence electrons. The molecule has 0 bridgehead atoms. The van der Waals surface area contributed by atoms with Crippen molar-refractivity contribution in [2.75, 3.05) is 32.7 Å². The molecule has 0 saturated carbocycles. The smallest absolute Gasteiger partial charge is 0.222 e. The lowest BCUT2D eigenvalue weighted by Crippen LogP contribution is -2.21. The molecule has 0 aliphatic carbocycles. The summed E-state index contributed by atoms with van der Waals surface area (Å²) in [6, 6.07) is 5.05. The molecule has 1 amide bonds. The summed E-state index contributed by atoms with van der Waals surface area (Å²) in [6.07, 6.45) is 0.979. The van der Waals surface area contributed by atoms with E-state index in [1.54, 1.807) is 32.3 Å². The molecule has 1 unspecified atom stereocenters. The molecule has 5 nitrogen and oxygen atoms in total. The first-order valence-electron chi connectivity index (χ1n) is 5.97. The zero-order chi connectivity index (χ0) is 14.4. The van der Waals surface area contributed by atoms with Gasteiger partial charge in [0.05, 0.1) is 22.8 Å². The second kappa shape index (κ2) is 7.13. The molecule has 6 heteroatoms. The highest BCUT2D eigenvalue weighted by Crippen LogP contribution is 2.25. The predicted octanol–water partition coefficient (Wildman–Crippen LogP) is 1.25. The number of amides is 1. The van der Waals surface area contributed by atoms with Gasteiger partial charge in [-0.05, 0) is 18.6 Å². The summed E-state index contributed by atoms with van der Waals surface area (Å²) >= 11 is 0. The van der Waals surface area contributed by atoms with Crippen LogP contribution in [-0.4, -0.2) is 42.0 Å². The Morgan fingerprint density at radius 3 is 2.68 bits per heavy atom. The van der Waals surface area contributed by atoms with Gasteiger partial charge >= 0.3 is 0 Å². The Morgan fingerprint density at radius 1 is 1.42 bits per heavy atom. The maximum absolute atomic E-state index is 12.2. The molecule has 0 aliphatic heterocycles. The molecule has 19 heavy (non-hydrogen) atoms. The minimum Gasteiger partial charge on any atom is -0.495 e. The summed E-state index contributed by atoms with van der Waals surface area (Å²) in [7, 11) is 3.76. The van der Waals surface area contributed by atoms with E-state index in [1.165, 1.54) is 12.0 Å². The molecule has 0 radical (unpaired) electrons. The van der Waals surface area contributed by atoms with Crippen LogP contribution in [0.4, 0.5) is 5.69 Å². The number of carbonyl (C=O) groups is 1. The molecule has 0 heterocycles. The van der Waals surface area contributed by atoms with Crippen molar-refractivity contribution in [3.05, 3.63) is 18.2 Å². The normalized spacial score (nSPS) is 11.9. The van der Waals surface area contributed by atoms with Crippen LogP contribution in [-0.2, 0) is 15.6 Å². The van der Waals surface area contributed by atoms with Crippen molar-refractivity contribution in [3.63, 3.8) is 0 Å². The minimum atomic E-state index is -1.18. The molecule has 2 N–H and O–H groups in total. The lowest BCUT2D eigenvalue weighted by molar-refractivity contribution is -0.128. The summed E-state index contributed by atoms with van der Waals surface area (Å²) < 4.78 is 17.3. The summed E-state index contributed by atoms with van der Waals surface area (Å²) in [5.41, 5.74) is 6.22. The third-order valence-corrected chi connectivity index (χ3v) is 4.14. The van der Waals surface area contributed by atoms with Crippen molar-refractivity contribution < 1.29 is 13.7 Å². The van der Waals surface area contributed by atoms with E-state index in [0.29, 0.717) is 34.9 Å². The average Bonchev–Trinajstić information content (AvgIpc) is 2.37. The number of nitrogens with two attached hydrogens (primary N) is 1. The van der Waals surface area contributed by atoms with Gasteiger partial charge in [0.1, 0.15) is 5.75 Å². The molecule has 1 atom stereocenters. The van der Waals surface area contributed by atoms with Crippen molar-refractivity contribution in [1.29, 1.82) is 0 Å². The van der Waals surface area contributed by atoms with Crippen molar-refractivity contribution in [3.8, 4) is 5.75 Å². The molecule has 0 saturated heterocycles. The molecule has 1 aromatic carbocycles. The van der Waals surface area contributed by atoms with Crippen molar-refractivity contribution in [1.82, 2.24) is 4.90 Å². The van der Waals surface area contributed by atoms with E-state index < -0.39 is 10.8 Å². The third-order valence-electron chi connectivity index (χ3n) is 2.65. The van der Waals surface area contributed by atoms with E-state index in [0.717, 1.165) is 0 Å². The Hall–Kier alpha value is -1.56. The molecular weight excluding hydrogens is 264 g/mol. The first-order valence-corrected chi connectivity index (χ1v) is 7.29. The van der Waals surface area contributed by atoms with Crippen molar-refractivity contribution in [2.45, 2.75) is 17.7 Å². The minimum absolute atomic E-state index is 0.0428. The number of rotatable bonds is 6. The van der Waals surface area contributed by atoms with Gasteiger partial charge < -0.3 is 15.4 Å². The number of ether oxygens (including phenoxy) is 1. The van der Waals surface area contributed by atoms with E-state index in [1.807, 2.05) is 0 Å². The van der Waals surface area contributed by atoms with Crippen LogP contribution in [0.2, 0.25) is 0 Å². The number of nitrogens with zero attached hydrogens (tertiary/aromatic N) is 1. The van der Waals surface area contributed by atoms with Crippen LogP contribution in [0, 0.1) is 0 Å². The fourth-order valence-electron chi connectivity index (χ4n) is 1.56. The number of hydrogen-bond donors (Lipinski definition) is 1. The van der Waals surface area contributed by atoms with Gasteiger partial charge in [-0.1, -0.05) is 0 Å². The van der Waals surface area contributed by atoms with Gasteiger partial charge in [-0.25, -0.2) is 0 Å². The first kappa shape index (κ1) is 15.5. The highest BCUT2D eigenvalue weighted by atomic mass is 32.2. The van der Waals surface area contributed by atoms with E-state index in [9.17, 15) is 9.00 Å². The van der Waals surface area contributed by atoms with E-state index in [4.69, 9.17) is 10.5 Å². The van der Waals surface area contributed by atoms with Gasteiger partial charge in [0, 0.05) is 38.0 Å². The number of methoxy groups -OCH3 is 1. The molecule has 0 spiro atoms. The summed E-state index contributed by atoms with van der Waals surface area (Å²) in [5.74, 6) is 0.999. The van der Waals surface area contributed by atoms with Gasteiger partial charge in [-0.2, -0.15) is 0 Å². The van der Waals surface area contributed by atoms with Gasteiger partial charge in [0.25, 0.3) is 0 Å². The molecule has 0 aliphatic rings. The number of carbonyl (C=O) groups excluding carboxylic acids is 1. The summed E-state index contributed by atoms with van der Waals surface area (Å²) in [6.45, 7) is 0. The second-order valence-electron chi connectivity index (χ2n) is 4.35. The van der Waals surface area contributed by atoms with E-state index in [2.05, 4.69) is 0 Å².